The number of halogens is 1. The molecule has 4 rings (SSSR count). The van der Waals surface area contributed by atoms with Gasteiger partial charge in [-0.1, -0.05) is 13.3 Å². The van der Waals surface area contributed by atoms with Crippen LogP contribution in [0, 0.1) is 5.82 Å². The van der Waals surface area contributed by atoms with Crippen molar-refractivity contribution >= 4 is 29.0 Å². The number of nitrogens with zero attached hydrogens (tertiary/aromatic N) is 4. The molecule has 232 valence electrons. The third-order valence-electron chi connectivity index (χ3n) is 7.52. The SMILES string of the molecule is CCCC(/C=C1/c2nc3cc(F)ccc3c(CN(N)/C=C(\N)CN3CCOC(CN)C3)c2CN1C)=C(/C=O)COC(=O)O. The van der Waals surface area contributed by atoms with E-state index in [1.165, 1.54) is 17.1 Å². The van der Waals surface area contributed by atoms with Crippen LogP contribution in [-0.2, 0) is 27.4 Å². The second kappa shape index (κ2) is 14.4. The summed E-state index contributed by atoms with van der Waals surface area (Å²) < 4.78 is 24.7. The number of morpholine rings is 1. The fourth-order valence-electron chi connectivity index (χ4n) is 5.50. The Morgan fingerprint density at radius 3 is 2.84 bits per heavy atom. The van der Waals surface area contributed by atoms with Crippen LogP contribution < -0.4 is 17.3 Å². The lowest BCUT2D eigenvalue weighted by atomic mass is 9.99. The maximum Gasteiger partial charge on any atom is 0.506 e. The number of hydrazine groups is 1. The standard InChI is InChI=1S/C30H40FN7O5/c1-3-4-19(20(17-39)18-43-30(40)41)9-28-29-26(15-36(28)2)25(24-6-5-21(31)10-27(24)35-29)16-38(34)13-22(33)12-37-7-8-42-23(11-32)14-37/h5-6,9-10,13,17,23H,3-4,7-8,11-12,14-16,18,32-34H2,1-2H3,(H,40,41)/b20-19+,22-13-,28-9-. The number of pyridine rings is 1. The van der Waals surface area contributed by atoms with E-state index in [4.69, 9.17) is 32.1 Å². The minimum Gasteiger partial charge on any atom is -0.450 e. The molecule has 3 heterocycles. The van der Waals surface area contributed by atoms with Crippen molar-refractivity contribution in [2.24, 2.45) is 17.3 Å². The lowest BCUT2D eigenvalue weighted by molar-refractivity contribution is -0.105. The summed E-state index contributed by atoms with van der Waals surface area (Å²) in [7, 11) is 1.90. The largest absolute Gasteiger partial charge is 0.506 e. The molecule has 1 aromatic carbocycles. The van der Waals surface area contributed by atoms with Crippen LogP contribution in [0.5, 0.6) is 0 Å². The predicted molar refractivity (Wildman–Crippen MR) is 160 cm³/mol. The molecular weight excluding hydrogens is 557 g/mol. The monoisotopic (exact) mass is 597 g/mol. The minimum absolute atomic E-state index is 0.0269. The van der Waals surface area contributed by atoms with Crippen molar-refractivity contribution in [1.82, 2.24) is 19.8 Å². The Kier molecular flexibility index (Phi) is 10.7. The van der Waals surface area contributed by atoms with E-state index in [-0.39, 0.29) is 24.8 Å². The molecule has 1 atom stereocenters. The number of hydrogen-bond donors (Lipinski definition) is 4. The first-order chi connectivity index (χ1) is 20.6. The summed E-state index contributed by atoms with van der Waals surface area (Å²) in [5.41, 5.74) is 17.2. The zero-order valence-corrected chi connectivity index (χ0v) is 24.6. The van der Waals surface area contributed by atoms with Crippen molar-refractivity contribution in [1.29, 1.82) is 0 Å². The van der Waals surface area contributed by atoms with Gasteiger partial charge in [0.25, 0.3) is 0 Å². The molecule has 0 aliphatic carbocycles. The molecular formula is C30H40FN7O5. The van der Waals surface area contributed by atoms with Crippen molar-refractivity contribution in [3.05, 3.63) is 70.0 Å². The minimum atomic E-state index is -1.46. The molecule has 1 fully saturated rings. The number of allylic oxidation sites excluding steroid dienone is 2. The Morgan fingerprint density at radius 1 is 1.35 bits per heavy atom. The molecule has 2 aliphatic rings. The number of hydrogen-bond acceptors (Lipinski definition) is 11. The molecule has 1 unspecified atom stereocenters. The quantitative estimate of drug-likeness (QED) is 0.0926. The zero-order valence-electron chi connectivity index (χ0n) is 24.6. The zero-order chi connectivity index (χ0) is 31.1. The summed E-state index contributed by atoms with van der Waals surface area (Å²) in [6, 6.07) is 4.48. The Labute approximate surface area is 250 Å². The van der Waals surface area contributed by atoms with E-state index in [1.807, 2.05) is 24.9 Å². The molecule has 0 saturated carbocycles. The average molecular weight is 598 g/mol. The van der Waals surface area contributed by atoms with Gasteiger partial charge in [0.05, 0.1) is 36.2 Å². The highest BCUT2D eigenvalue weighted by atomic mass is 19.1. The second-order valence-corrected chi connectivity index (χ2v) is 10.8. The van der Waals surface area contributed by atoms with Crippen LogP contribution in [0.25, 0.3) is 16.6 Å². The van der Waals surface area contributed by atoms with Gasteiger partial charge < -0.3 is 36.0 Å². The molecule has 43 heavy (non-hydrogen) atoms. The van der Waals surface area contributed by atoms with Crippen molar-refractivity contribution in [2.45, 2.75) is 39.0 Å². The van der Waals surface area contributed by atoms with Crippen molar-refractivity contribution in [3.63, 3.8) is 0 Å². The lowest BCUT2D eigenvalue weighted by Gasteiger charge is -2.32. The Hall–Kier alpha value is -4.04. The van der Waals surface area contributed by atoms with Gasteiger partial charge in [-0.05, 0) is 35.8 Å². The van der Waals surface area contributed by atoms with E-state index in [1.54, 1.807) is 12.3 Å². The van der Waals surface area contributed by atoms with Crippen LogP contribution in [0.2, 0.25) is 0 Å². The second-order valence-electron chi connectivity index (χ2n) is 10.8. The van der Waals surface area contributed by atoms with Crippen LogP contribution in [0.4, 0.5) is 9.18 Å². The van der Waals surface area contributed by atoms with Crippen molar-refractivity contribution in [2.75, 3.05) is 46.4 Å². The number of benzene rings is 1. The van der Waals surface area contributed by atoms with Gasteiger partial charge in [0.1, 0.15) is 18.7 Å². The number of carbonyl (C=O) groups is 2. The highest BCUT2D eigenvalue weighted by molar-refractivity contribution is 5.88. The number of nitrogens with two attached hydrogens (primary N) is 3. The molecule has 1 saturated heterocycles. The van der Waals surface area contributed by atoms with Crippen LogP contribution >= 0.6 is 0 Å². The van der Waals surface area contributed by atoms with E-state index in [0.717, 1.165) is 35.2 Å². The van der Waals surface area contributed by atoms with Gasteiger partial charge in [0.15, 0.2) is 0 Å². The lowest BCUT2D eigenvalue weighted by Crippen LogP contribution is -2.46. The molecule has 13 heteroatoms. The molecule has 2 aromatic rings. The molecule has 0 bridgehead atoms. The Bertz CT molecular complexity index is 1440. The third kappa shape index (κ3) is 7.87. The van der Waals surface area contributed by atoms with Crippen LogP contribution in [-0.4, -0.2) is 89.9 Å². The summed E-state index contributed by atoms with van der Waals surface area (Å²) in [4.78, 5) is 31.8. The molecule has 0 amide bonds. The van der Waals surface area contributed by atoms with Gasteiger partial charge in [-0.25, -0.2) is 20.0 Å². The average Bonchev–Trinajstić information content (AvgIpc) is 3.27. The molecule has 2 aliphatic heterocycles. The van der Waals surface area contributed by atoms with Gasteiger partial charge in [0.2, 0.25) is 0 Å². The van der Waals surface area contributed by atoms with Gasteiger partial charge in [0, 0.05) is 74.3 Å². The predicted octanol–water partition coefficient (Wildman–Crippen LogP) is 2.29. The summed E-state index contributed by atoms with van der Waals surface area (Å²) in [6.45, 7) is 5.37. The Morgan fingerprint density at radius 2 is 2.14 bits per heavy atom. The van der Waals surface area contributed by atoms with Crippen LogP contribution in [0.15, 0.2) is 47.3 Å². The molecule has 12 nitrogen and oxygen atoms in total. The number of rotatable bonds is 12. The van der Waals surface area contributed by atoms with E-state index < -0.39 is 12.0 Å². The van der Waals surface area contributed by atoms with E-state index >= 15 is 0 Å². The van der Waals surface area contributed by atoms with Crippen LogP contribution in [0.1, 0.15) is 36.6 Å². The van der Waals surface area contributed by atoms with Crippen molar-refractivity contribution < 1.29 is 28.6 Å². The number of carbonyl (C=O) groups excluding carboxylic acids is 1. The number of aldehydes is 1. The highest BCUT2D eigenvalue weighted by Gasteiger charge is 2.28. The van der Waals surface area contributed by atoms with Gasteiger partial charge in [-0.2, -0.15) is 0 Å². The normalized spacial score (nSPS) is 19.0. The first-order valence-electron chi connectivity index (χ1n) is 14.2. The Balaban J connectivity index is 1.71. The fourth-order valence-corrected chi connectivity index (χ4v) is 5.50. The summed E-state index contributed by atoms with van der Waals surface area (Å²) in [5.74, 6) is 6.05. The topological polar surface area (TPSA) is 173 Å². The summed E-state index contributed by atoms with van der Waals surface area (Å²) in [5, 5.41) is 11.2. The van der Waals surface area contributed by atoms with Crippen LogP contribution in [0.3, 0.4) is 0 Å². The first kappa shape index (κ1) is 31.9. The number of fused-ring (bicyclic) bond motifs is 2. The molecule has 0 radical (unpaired) electrons. The number of carboxylic acid groups (broad SMARTS) is 1. The van der Waals surface area contributed by atoms with Gasteiger partial charge in [-0.15, -0.1) is 0 Å². The van der Waals surface area contributed by atoms with Gasteiger partial charge >= 0.3 is 6.16 Å². The molecule has 1 aromatic heterocycles. The number of aromatic nitrogens is 1. The summed E-state index contributed by atoms with van der Waals surface area (Å²) >= 11 is 0. The molecule has 7 N–H and O–H groups in total. The first-order valence-corrected chi connectivity index (χ1v) is 14.2. The van der Waals surface area contributed by atoms with Gasteiger partial charge in [-0.3, -0.25) is 9.69 Å². The van der Waals surface area contributed by atoms with E-state index in [2.05, 4.69) is 9.64 Å². The molecule has 0 spiro atoms. The van der Waals surface area contributed by atoms with E-state index in [9.17, 15) is 14.0 Å². The van der Waals surface area contributed by atoms with Crippen molar-refractivity contribution in [3.8, 4) is 0 Å². The maximum absolute atomic E-state index is 14.4. The summed E-state index contributed by atoms with van der Waals surface area (Å²) in [6.07, 6.45) is 3.90. The number of ether oxygens (including phenoxy) is 2. The fraction of sp³-hybridized carbons (Fsp3) is 0.433. The third-order valence-corrected chi connectivity index (χ3v) is 7.52. The smallest absolute Gasteiger partial charge is 0.450 e. The van der Waals surface area contributed by atoms with E-state index in [0.29, 0.717) is 68.0 Å². The maximum atomic E-state index is 14.4. The highest BCUT2D eigenvalue weighted by Crippen LogP contribution is 2.37.